The molecular formula is C19H21N3O. The van der Waals surface area contributed by atoms with Gasteiger partial charge in [0, 0.05) is 12.6 Å². The summed E-state index contributed by atoms with van der Waals surface area (Å²) >= 11 is 0. The van der Waals surface area contributed by atoms with Crippen LogP contribution in [0.3, 0.4) is 0 Å². The largest absolute Gasteiger partial charge is 0.488 e. The molecule has 1 aromatic heterocycles. The molecule has 0 bridgehead atoms. The lowest BCUT2D eigenvalue weighted by molar-refractivity contribution is 0.302. The van der Waals surface area contributed by atoms with Crippen molar-refractivity contribution >= 4 is 5.82 Å². The van der Waals surface area contributed by atoms with Crippen molar-refractivity contribution < 1.29 is 4.74 Å². The predicted octanol–water partition coefficient (Wildman–Crippen LogP) is 3.87. The highest BCUT2D eigenvalue weighted by molar-refractivity contribution is 5.75. The Morgan fingerprint density at radius 3 is 2.30 bits per heavy atom. The third kappa shape index (κ3) is 3.06. The maximum absolute atomic E-state index is 6.08. The summed E-state index contributed by atoms with van der Waals surface area (Å²) in [6.07, 6.45) is 1.80. The quantitative estimate of drug-likeness (QED) is 0.796. The highest BCUT2D eigenvalue weighted by atomic mass is 16.5. The van der Waals surface area contributed by atoms with E-state index >= 15 is 0 Å². The summed E-state index contributed by atoms with van der Waals surface area (Å²) in [6, 6.07) is 14.4. The minimum atomic E-state index is 0.566. The molecule has 0 atom stereocenters. The van der Waals surface area contributed by atoms with Crippen LogP contribution >= 0.6 is 0 Å². The number of aryl methyl sites for hydroxylation is 3. The highest BCUT2D eigenvalue weighted by Gasteiger charge is 2.12. The lowest BCUT2D eigenvalue weighted by Gasteiger charge is -2.14. The zero-order chi connectivity index (χ0) is 16.4. The Balaban J connectivity index is 1.87. The molecule has 0 saturated carbocycles. The maximum Gasteiger partial charge on any atom is 0.129 e. The fourth-order valence-electron chi connectivity index (χ4n) is 2.73. The van der Waals surface area contributed by atoms with Crippen molar-refractivity contribution in [2.45, 2.75) is 20.5 Å². The molecule has 2 aromatic carbocycles. The van der Waals surface area contributed by atoms with Gasteiger partial charge in [0.05, 0.1) is 6.20 Å². The fraction of sp³-hybridized carbons (Fsp3) is 0.211. The van der Waals surface area contributed by atoms with Crippen molar-refractivity contribution in [1.29, 1.82) is 0 Å². The summed E-state index contributed by atoms with van der Waals surface area (Å²) in [7, 11) is 1.84. The van der Waals surface area contributed by atoms with E-state index in [4.69, 9.17) is 10.5 Å². The van der Waals surface area contributed by atoms with Crippen molar-refractivity contribution in [3.8, 4) is 16.9 Å². The molecule has 0 radical (unpaired) electrons. The molecule has 0 amide bonds. The number of nitrogens with zero attached hydrogens (tertiary/aromatic N) is 2. The maximum atomic E-state index is 6.08. The van der Waals surface area contributed by atoms with Gasteiger partial charge in [-0.2, -0.15) is 5.10 Å². The van der Waals surface area contributed by atoms with E-state index in [-0.39, 0.29) is 0 Å². The SMILES string of the molecule is Cc1cc(-c2cnn(C)c2N)cc(C)c1OCc1ccccc1. The van der Waals surface area contributed by atoms with Crippen LogP contribution in [0.15, 0.2) is 48.7 Å². The molecule has 0 unspecified atom stereocenters. The molecule has 2 N–H and O–H groups in total. The van der Waals surface area contributed by atoms with E-state index in [0.717, 1.165) is 33.6 Å². The van der Waals surface area contributed by atoms with Gasteiger partial charge in [0.15, 0.2) is 0 Å². The normalized spacial score (nSPS) is 10.7. The Kier molecular flexibility index (Phi) is 4.06. The van der Waals surface area contributed by atoms with Gasteiger partial charge in [-0.25, -0.2) is 0 Å². The molecule has 0 aliphatic rings. The second kappa shape index (κ2) is 6.16. The summed E-state index contributed by atoms with van der Waals surface area (Å²) in [6.45, 7) is 4.68. The molecule has 4 heteroatoms. The first-order valence-electron chi connectivity index (χ1n) is 7.62. The number of aromatic nitrogens is 2. The summed E-state index contributed by atoms with van der Waals surface area (Å²) in [5.74, 6) is 1.60. The van der Waals surface area contributed by atoms with E-state index in [2.05, 4.69) is 43.2 Å². The Morgan fingerprint density at radius 1 is 1.09 bits per heavy atom. The molecular weight excluding hydrogens is 286 g/mol. The Morgan fingerprint density at radius 2 is 1.74 bits per heavy atom. The Hall–Kier alpha value is -2.75. The average Bonchev–Trinajstić information content (AvgIpc) is 2.87. The van der Waals surface area contributed by atoms with Gasteiger partial charge in [0.2, 0.25) is 0 Å². The monoisotopic (exact) mass is 307 g/mol. The van der Waals surface area contributed by atoms with Crippen molar-refractivity contribution in [3.63, 3.8) is 0 Å². The van der Waals surface area contributed by atoms with Crippen LogP contribution in [-0.2, 0) is 13.7 Å². The van der Waals surface area contributed by atoms with Gasteiger partial charge in [-0.1, -0.05) is 30.3 Å². The number of hydrogen-bond donors (Lipinski definition) is 1. The molecule has 1 heterocycles. The summed E-state index contributed by atoms with van der Waals surface area (Å²) in [5.41, 5.74) is 11.4. The van der Waals surface area contributed by atoms with Crippen LogP contribution in [0.5, 0.6) is 5.75 Å². The number of anilines is 1. The number of ether oxygens (including phenoxy) is 1. The Bertz CT molecular complexity index is 799. The van der Waals surface area contributed by atoms with E-state index in [1.807, 2.05) is 25.2 Å². The van der Waals surface area contributed by atoms with Gasteiger partial charge >= 0.3 is 0 Å². The van der Waals surface area contributed by atoms with Crippen molar-refractivity contribution in [3.05, 3.63) is 65.4 Å². The number of nitrogen functional groups attached to an aromatic ring is 1. The molecule has 3 aromatic rings. The van der Waals surface area contributed by atoms with E-state index in [9.17, 15) is 0 Å². The van der Waals surface area contributed by atoms with Crippen LogP contribution in [0, 0.1) is 13.8 Å². The van der Waals surface area contributed by atoms with Gasteiger partial charge in [-0.3, -0.25) is 4.68 Å². The Labute approximate surface area is 136 Å². The number of nitrogens with two attached hydrogens (primary N) is 1. The van der Waals surface area contributed by atoms with E-state index < -0.39 is 0 Å². The van der Waals surface area contributed by atoms with Crippen LogP contribution in [0.2, 0.25) is 0 Å². The molecule has 0 saturated heterocycles. The standard InChI is InChI=1S/C19H21N3O/c1-13-9-16(17-11-21-22(3)19(17)20)10-14(2)18(13)23-12-15-7-5-4-6-8-15/h4-11H,12,20H2,1-3H3. The zero-order valence-corrected chi connectivity index (χ0v) is 13.7. The third-order valence-corrected chi connectivity index (χ3v) is 3.98. The average molecular weight is 307 g/mol. The van der Waals surface area contributed by atoms with Crippen LogP contribution in [0.25, 0.3) is 11.1 Å². The smallest absolute Gasteiger partial charge is 0.129 e. The van der Waals surface area contributed by atoms with Crippen LogP contribution in [0.1, 0.15) is 16.7 Å². The van der Waals surface area contributed by atoms with E-state index in [1.165, 1.54) is 0 Å². The minimum absolute atomic E-state index is 0.566. The van der Waals surface area contributed by atoms with E-state index in [0.29, 0.717) is 12.4 Å². The number of benzene rings is 2. The van der Waals surface area contributed by atoms with Gasteiger partial charge in [0.1, 0.15) is 18.2 Å². The zero-order valence-electron chi connectivity index (χ0n) is 13.7. The molecule has 0 aliphatic carbocycles. The van der Waals surface area contributed by atoms with Crippen molar-refractivity contribution in [1.82, 2.24) is 9.78 Å². The molecule has 23 heavy (non-hydrogen) atoms. The number of hydrogen-bond acceptors (Lipinski definition) is 3. The first-order valence-corrected chi connectivity index (χ1v) is 7.62. The van der Waals surface area contributed by atoms with E-state index in [1.54, 1.807) is 10.9 Å². The third-order valence-electron chi connectivity index (χ3n) is 3.98. The van der Waals surface area contributed by atoms with Crippen molar-refractivity contribution in [2.24, 2.45) is 7.05 Å². The fourth-order valence-corrected chi connectivity index (χ4v) is 2.73. The topological polar surface area (TPSA) is 53.1 Å². The minimum Gasteiger partial charge on any atom is -0.488 e. The second-order valence-corrected chi connectivity index (χ2v) is 5.78. The molecule has 4 nitrogen and oxygen atoms in total. The number of rotatable bonds is 4. The summed E-state index contributed by atoms with van der Waals surface area (Å²) in [4.78, 5) is 0. The van der Waals surface area contributed by atoms with Crippen LogP contribution < -0.4 is 10.5 Å². The second-order valence-electron chi connectivity index (χ2n) is 5.78. The lowest BCUT2D eigenvalue weighted by Crippen LogP contribution is -2.00. The summed E-state index contributed by atoms with van der Waals surface area (Å²) < 4.78 is 7.71. The highest BCUT2D eigenvalue weighted by Crippen LogP contribution is 2.32. The predicted molar refractivity (Wildman–Crippen MR) is 93.3 cm³/mol. The van der Waals surface area contributed by atoms with Gasteiger partial charge < -0.3 is 10.5 Å². The first kappa shape index (κ1) is 15.2. The van der Waals surface area contributed by atoms with Gasteiger partial charge in [-0.15, -0.1) is 0 Å². The van der Waals surface area contributed by atoms with Gasteiger partial charge in [0.25, 0.3) is 0 Å². The molecule has 0 spiro atoms. The summed E-state index contributed by atoms with van der Waals surface area (Å²) in [5, 5.41) is 4.21. The van der Waals surface area contributed by atoms with Gasteiger partial charge in [-0.05, 0) is 48.2 Å². The molecule has 118 valence electrons. The first-order chi connectivity index (χ1) is 11.1. The molecule has 3 rings (SSSR count). The molecule has 0 aliphatic heterocycles. The van der Waals surface area contributed by atoms with Crippen LogP contribution in [-0.4, -0.2) is 9.78 Å². The molecule has 0 fully saturated rings. The lowest BCUT2D eigenvalue weighted by atomic mass is 10.0. The van der Waals surface area contributed by atoms with Crippen LogP contribution in [0.4, 0.5) is 5.82 Å². The van der Waals surface area contributed by atoms with Crippen molar-refractivity contribution in [2.75, 3.05) is 5.73 Å².